The third kappa shape index (κ3) is 2.49. The van der Waals surface area contributed by atoms with E-state index in [1.165, 1.54) is 0 Å². The summed E-state index contributed by atoms with van der Waals surface area (Å²) in [6.07, 6.45) is 0. The number of fused-ring (bicyclic) bond motifs is 1. The van der Waals surface area contributed by atoms with E-state index in [9.17, 15) is 0 Å². The molecule has 0 saturated carbocycles. The van der Waals surface area contributed by atoms with E-state index >= 15 is 0 Å². The Hall–Kier alpha value is -1.07. The van der Waals surface area contributed by atoms with Crippen molar-refractivity contribution in [1.29, 1.82) is 0 Å². The lowest BCUT2D eigenvalue weighted by Gasteiger charge is -2.38. The molecule has 0 spiro atoms. The SMILES string of the molecule is CN(C)C(C)(C)C(NN)c1cc2cccc(Cl)c2o1. The van der Waals surface area contributed by atoms with Crippen LogP contribution in [0.2, 0.25) is 5.02 Å². The van der Waals surface area contributed by atoms with E-state index < -0.39 is 0 Å². The summed E-state index contributed by atoms with van der Waals surface area (Å²) in [5.41, 5.74) is 3.35. The maximum Gasteiger partial charge on any atom is 0.152 e. The van der Waals surface area contributed by atoms with Crippen LogP contribution in [0.3, 0.4) is 0 Å². The Bertz CT molecular complexity index is 577. The number of furan rings is 1. The fourth-order valence-electron chi connectivity index (χ4n) is 2.08. The number of nitrogens with zero attached hydrogens (tertiary/aromatic N) is 1. The van der Waals surface area contributed by atoms with E-state index in [1.807, 2.05) is 38.4 Å². The highest BCUT2D eigenvalue weighted by Crippen LogP contribution is 2.34. The molecule has 104 valence electrons. The van der Waals surface area contributed by atoms with Crippen molar-refractivity contribution in [2.45, 2.75) is 25.4 Å². The van der Waals surface area contributed by atoms with Crippen LogP contribution >= 0.6 is 11.6 Å². The second-order valence-corrected chi connectivity index (χ2v) is 5.86. The Morgan fingerprint density at radius 1 is 1.37 bits per heavy atom. The van der Waals surface area contributed by atoms with Gasteiger partial charge >= 0.3 is 0 Å². The van der Waals surface area contributed by atoms with Crippen LogP contribution in [0.5, 0.6) is 0 Å². The zero-order chi connectivity index (χ0) is 14.2. The largest absolute Gasteiger partial charge is 0.458 e. The molecule has 2 rings (SSSR count). The number of nitrogens with two attached hydrogens (primary N) is 1. The van der Waals surface area contributed by atoms with Crippen molar-refractivity contribution in [2.24, 2.45) is 5.84 Å². The number of likely N-dealkylation sites (N-methyl/N-ethyl adjacent to an activating group) is 1. The van der Waals surface area contributed by atoms with Crippen molar-refractivity contribution in [3.63, 3.8) is 0 Å². The second-order valence-electron chi connectivity index (χ2n) is 5.45. The molecule has 3 N–H and O–H groups in total. The van der Waals surface area contributed by atoms with Crippen LogP contribution in [-0.2, 0) is 0 Å². The maximum absolute atomic E-state index is 6.14. The van der Waals surface area contributed by atoms with Gasteiger partial charge < -0.3 is 9.32 Å². The molecular formula is C14H20ClN3O. The molecular weight excluding hydrogens is 262 g/mol. The standard InChI is InChI=1S/C14H20ClN3O/c1-14(2,18(3)4)13(17-16)11-8-9-6-5-7-10(15)12(9)19-11/h5-8,13,17H,16H2,1-4H3. The van der Waals surface area contributed by atoms with Gasteiger partial charge in [0, 0.05) is 10.9 Å². The molecule has 1 heterocycles. The Morgan fingerprint density at radius 3 is 2.58 bits per heavy atom. The van der Waals surface area contributed by atoms with E-state index in [0.717, 1.165) is 11.1 Å². The van der Waals surface area contributed by atoms with Crippen LogP contribution < -0.4 is 11.3 Å². The van der Waals surface area contributed by atoms with Crippen molar-refractivity contribution in [1.82, 2.24) is 10.3 Å². The Labute approximate surface area is 118 Å². The van der Waals surface area contributed by atoms with Gasteiger partial charge in [-0.15, -0.1) is 0 Å². The molecule has 0 aliphatic rings. The van der Waals surface area contributed by atoms with Gasteiger partial charge in [0.25, 0.3) is 0 Å². The molecule has 0 aliphatic carbocycles. The summed E-state index contributed by atoms with van der Waals surface area (Å²) >= 11 is 6.14. The van der Waals surface area contributed by atoms with Gasteiger partial charge in [0.2, 0.25) is 0 Å². The molecule has 0 bridgehead atoms. The van der Waals surface area contributed by atoms with E-state index in [0.29, 0.717) is 10.6 Å². The van der Waals surface area contributed by atoms with Gasteiger partial charge in [-0.3, -0.25) is 5.84 Å². The van der Waals surface area contributed by atoms with Crippen molar-refractivity contribution in [3.8, 4) is 0 Å². The normalized spacial score (nSPS) is 14.3. The van der Waals surface area contributed by atoms with Gasteiger partial charge in [0.15, 0.2) is 5.58 Å². The summed E-state index contributed by atoms with van der Waals surface area (Å²) in [5.74, 6) is 6.50. The molecule has 0 saturated heterocycles. The average Bonchev–Trinajstić information content (AvgIpc) is 2.74. The van der Waals surface area contributed by atoms with E-state index in [4.69, 9.17) is 21.9 Å². The smallest absolute Gasteiger partial charge is 0.152 e. The summed E-state index contributed by atoms with van der Waals surface area (Å²) in [4.78, 5) is 2.10. The minimum atomic E-state index is -0.199. The van der Waals surface area contributed by atoms with Gasteiger partial charge in [-0.05, 0) is 40.1 Å². The Morgan fingerprint density at radius 2 is 2.05 bits per heavy atom. The average molecular weight is 282 g/mol. The number of halogens is 1. The highest BCUT2D eigenvalue weighted by Gasteiger charge is 2.34. The lowest BCUT2D eigenvalue weighted by Crippen LogP contribution is -2.51. The first kappa shape index (κ1) is 14.3. The van der Waals surface area contributed by atoms with Crippen LogP contribution in [0.4, 0.5) is 0 Å². The number of rotatable bonds is 4. The quantitative estimate of drug-likeness (QED) is 0.668. The zero-order valence-electron chi connectivity index (χ0n) is 11.7. The van der Waals surface area contributed by atoms with Crippen LogP contribution in [0, 0.1) is 0 Å². The molecule has 0 amide bonds. The molecule has 0 radical (unpaired) electrons. The summed E-state index contributed by atoms with van der Waals surface area (Å²) in [6, 6.07) is 7.55. The van der Waals surface area contributed by atoms with E-state index in [-0.39, 0.29) is 11.6 Å². The Kier molecular flexibility index (Phi) is 3.87. The van der Waals surface area contributed by atoms with Crippen LogP contribution in [-0.4, -0.2) is 24.5 Å². The third-order valence-electron chi connectivity index (χ3n) is 3.83. The lowest BCUT2D eigenvalue weighted by molar-refractivity contribution is 0.126. The van der Waals surface area contributed by atoms with Gasteiger partial charge in [0.05, 0.1) is 11.1 Å². The van der Waals surface area contributed by atoms with E-state index in [1.54, 1.807) is 0 Å². The van der Waals surface area contributed by atoms with Gasteiger partial charge in [-0.2, -0.15) is 0 Å². The summed E-state index contributed by atoms with van der Waals surface area (Å²) in [6.45, 7) is 4.21. The fourth-order valence-corrected chi connectivity index (χ4v) is 2.30. The molecule has 5 heteroatoms. The second kappa shape index (κ2) is 5.13. The summed E-state index contributed by atoms with van der Waals surface area (Å²) < 4.78 is 5.89. The molecule has 1 aromatic carbocycles. The van der Waals surface area contributed by atoms with Crippen LogP contribution in [0.1, 0.15) is 25.6 Å². The third-order valence-corrected chi connectivity index (χ3v) is 4.12. The topological polar surface area (TPSA) is 54.4 Å². The zero-order valence-corrected chi connectivity index (χ0v) is 12.5. The van der Waals surface area contributed by atoms with Gasteiger partial charge in [-0.1, -0.05) is 23.7 Å². The lowest BCUT2D eigenvalue weighted by atomic mass is 9.91. The predicted octanol–water partition coefficient (Wildman–Crippen LogP) is 2.93. The number of para-hydroxylation sites is 1. The number of hydrazine groups is 1. The van der Waals surface area contributed by atoms with E-state index in [2.05, 4.69) is 24.2 Å². The minimum absolute atomic E-state index is 0.133. The first-order chi connectivity index (χ1) is 8.87. The highest BCUT2D eigenvalue weighted by atomic mass is 35.5. The van der Waals surface area contributed by atoms with Crippen LogP contribution in [0.25, 0.3) is 11.0 Å². The summed E-state index contributed by atoms with van der Waals surface area (Å²) in [5, 5.41) is 1.60. The molecule has 1 atom stereocenters. The minimum Gasteiger partial charge on any atom is -0.458 e. The molecule has 2 aromatic rings. The predicted molar refractivity (Wildman–Crippen MR) is 79.1 cm³/mol. The van der Waals surface area contributed by atoms with Crippen LogP contribution in [0.15, 0.2) is 28.7 Å². The van der Waals surface area contributed by atoms with Crippen molar-refractivity contribution >= 4 is 22.6 Å². The van der Waals surface area contributed by atoms with Crippen molar-refractivity contribution in [2.75, 3.05) is 14.1 Å². The molecule has 0 aliphatic heterocycles. The first-order valence-electron chi connectivity index (χ1n) is 6.19. The number of nitrogens with one attached hydrogen (secondary N) is 1. The maximum atomic E-state index is 6.14. The molecule has 1 aromatic heterocycles. The molecule has 1 unspecified atom stereocenters. The number of hydrogen-bond acceptors (Lipinski definition) is 4. The Balaban J connectivity index is 2.50. The molecule has 4 nitrogen and oxygen atoms in total. The number of hydrogen-bond donors (Lipinski definition) is 2. The molecule has 19 heavy (non-hydrogen) atoms. The number of benzene rings is 1. The van der Waals surface area contributed by atoms with Gasteiger partial charge in [-0.25, -0.2) is 5.43 Å². The fraction of sp³-hybridized carbons (Fsp3) is 0.429. The highest BCUT2D eigenvalue weighted by molar-refractivity contribution is 6.34. The van der Waals surface area contributed by atoms with Gasteiger partial charge in [0.1, 0.15) is 5.76 Å². The monoisotopic (exact) mass is 281 g/mol. The van der Waals surface area contributed by atoms with Crippen molar-refractivity contribution < 1.29 is 4.42 Å². The first-order valence-corrected chi connectivity index (χ1v) is 6.57. The summed E-state index contributed by atoms with van der Waals surface area (Å²) in [7, 11) is 4.03. The van der Waals surface area contributed by atoms with Crippen molar-refractivity contribution in [3.05, 3.63) is 35.0 Å². The molecule has 0 fully saturated rings.